The fraction of sp³-hybridized carbons (Fsp3) is 0.273. The highest BCUT2D eigenvalue weighted by molar-refractivity contribution is 7.17. The third kappa shape index (κ3) is 2.94. The first kappa shape index (κ1) is 17.3. The molecule has 1 fully saturated rings. The van der Waals surface area contributed by atoms with Gasteiger partial charge in [0.25, 0.3) is 11.8 Å². The quantitative estimate of drug-likeness (QED) is 0.668. The van der Waals surface area contributed by atoms with Gasteiger partial charge in [-0.1, -0.05) is 24.3 Å². The van der Waals surface area contributed by atoms with Crippen molar-refractivity contribution >= 4 is 23.2 Å². The Hall–Kier alpha value is -2.86. The number of aryl methyl sites for hydroxylation is 2. The lowest BCUT2D eigenvalue weighted by Gasteiger charge is -2.34. The van der Waals surface area contributed by atoms with Gasteiger partial charge >= 0.3 is 0 Å². The smallest absolute Gasteiger partial charge is 0.264 e. The molecule has 5 nitrogen and oxygen atoms in total. The van der Waals surface area contributed by atoms with Gasteiger partial charge in [0.15, 0.2) is 0 Å². The lowest BCUT2D eigenvalue weighted by atomic mass is 9.91. The van der Waals surface area contributed by atoms with Crippen LogP contribution >= 0.6 is 11.3 Å². The van der Waals surface area contributed by atoms with E-state index in [2.05, 4.69) is 30.3 Å². The number of hydrogen-bond donors (Lipinski definition) is 0. The molecule has 0 radical (unpaired) electrons. The van der Waals surface area contributed by atoms with Crippen LogP contribution in [-0.4, -0.2) is 47.8 Å². The molecule has 5 rings (SSSR count). The number of benzene rings is 1. The Labute approximate surface area is 167 Å². The minimum absolute atomic E-state index is 0.0379. The highest BCUT2D eigenvalue weighted by Crippen LogP contribution is 2.39. The molecule has 0 atom stereocenters. The molecule has 2 amide bonds. The van der Waals surface area contributed by atoms with Crippen LogP contribution in [0.4, 0.5) is 0 Å². The molecule has 3 heterocycles. The van der Waals surface area contributed by atoms with Gasteiger partial charge in [-0.15, -0.1) is 11.3 Å². The number of fused-ring (bicyclic) bond motifs is 3. The van der Waals surface area contributed by atoms with Crippen molar-refractivity contribution in [2.45, 2.75) is 12.8 Å². The molecule has 1 aromatic carbocycles. The predicted molar refractivity (Wildman–Crippen MR) is 108 cm³/mol. The van der Waals surface area contributed by atoms with E-state index in [0.717, 1.165) is 17.7 Å². The molecule has 1 saturated heterocycles. The number of rotatable bonds is 2. The minimum atomic E-state index is -0.0379. The average Bonchev–Trinajstić information content (AvgIpc) is 3.43. The first-order valence-corrected chi connectivity index (χ1v) is 10.3. The lowest BCUT2D eigenvalue weighted by molar-refractivity contribution is 0.0537. The SMILES string of the molecule is O=C(c1ccoc1)N1CCN(C(=O)c2cc3c(s2)-c2ccccc2CC3)CC1. The van der Waals surface area contributed by atoms with Crippen molar-refractivity contribution < 1.29 is 14.0 Å². The van der Waals surface area contributed by atoms with Crippen LogP contribution in [0, 0.1) is 0 Å². The number of hydrogen-bond acceptors (Lipinski definition) is 4. The number of amides is 2. The lowest BCUT2D eigenvalue weighted by Crippen LogP contribution is -2.50. The number of nitrogens with zero attached hydrogens (tertiary/aromatic N) is 2. The molecule has 28 heavy (non-hydrogen) atoms. The molecule has 1 aliphatic carbocycles. The molecule has 0 unspecified atom stereocenters. The zero-order valence-electron chi connectivity index (χ0n) is 15.4. The number of furan rings is 1. The van der Waals surface area contributed by atoms with Crippen molar-refractivity contribution in [3.63, 3.8) is 0 Å². The summed E-state index contributed by atoms with van der Waals surface area (Å²) in [7, 11) is 0. The first-order chi connectivity index (χ1) is 13.7. The normalized spacial score (nSPS) is 15.9. The summed E-state index contributed by atoms with van der Waals surface area (Å²) >= 11 is 1.60. The summed E-state index contributed by atoms with van der Waals surface area (Å²) in [5, 5.41) is 0. The van der Waals surface area contributed by atoms with E-state index in [0.29, 0.717) is 31.7 Å². The Morgan fingerprint density at radius 2 is 1.61 bits per heavy atom. The summed E-state index contributed by atoms with van der Waals surface area (Å²) in [5.41, 5.74) is 4.47. The van der Waals surface area contributed by atoms with Crippen LogP contribution in [0.3, 0.4) is 0 Å². The fourth-order valence-electron chi connectivity index (χ4n) is 4.01. The van der Waals surface area contributed by atoms with E-state index in [1.54, 1.807) is 22.3 Å². The third-order valence-electron chi connectivity index (χ3n) is 5.57. The molecule has 2 aliphatic rings. The molecule has 0 bridgehead atoms. The average molecular weight is 392 g/mol. The number of thiophene rings is 1. The zero-order chi connectivity index (χ0) is 19.1. The van der Waals surface area contributed by atoms with Gasteiger partial charge in [0.2, 0.25) is 0 Å². The van der Waals surface area contributed by atoms with E-state index in [4.69, 9.17) is 4.42 Å². The van der Waals surface area contributed by atoms with Gasteiger partial charge in [-0.05, 0) is 41.7 Å². The topological polar surface area (TPSA) is 53.8 Å². The Kier molecular flexibility index (Phi) is 4.28. The Morgan fingerprint density at radius 3 is 2.36 bits per heavy atom. The maximum atomic E-state index is 13.1. The number of carbonyl (C=O) groups excluding carboxylic acids is 2. The highest BCUT2D eigenvalue weighted by atomic mass is 32.1. The van der Waals surface area contributed by atoms with Crippen LogP contribution in [0.2, 0.25) is 0 Å². The summed E-state index contributed by atoms with van der Waals surface area (Å²) in [4.78, 5) is 31.2. The zero-order valence-corrected chi connectivity index (χ0v) is 16.2. The van der Waals surface area contributed by atoms with E-state index >= 15 is 0 Å². The second-order valence-electron chi connectivity index (χ2n) is 7.22. The van der Waals surface area contributed by atoms with Gasteiger partial charge in [0, 0.05) is 31.1 Å². The summed E-state index contributed by atoms with van der Waals surface area (Å²) < 4.78 is 5.00. The number of piperazine rings is 1. The largest absolute Gasteiger partial charge is 0.472 e. The van der Waals surface area contributed by atoms with E-state index < -0.39 is 0 Å². The number of carbonyl (C=O) groups is 2. The van der Waals surface area contributed by atoms with Crippen LogP contribution in [0.1, 0.15) is 31.2 Å². The fourth-order valence-corrected chi connectivity index (χ4v) is 5.25. The Morgan fingerprint density at radius 1 is 0.893 bits per heavy atom. The molecule has 0 spiro atoms. The summed E-state index contributed by atoms with van der Waals surface area (Å²) in [6.45, 7) is 2.20. The molecule has 3 aromatic rings. The Bertz CT molecular complexity index is 1030. The van der Waals surface area contributed by atoms with Crippen LogP contribution in [0.5, 0.6) is 0 Å². The van der Waals surface area contributed by atoms with Crippen LogP contribution in [-0.2, 0) is 12.8 Å². The second-order valence-corrected chi connectivity index (χ2v) is 8.27. The van der Waals surface area contributed by atoms with Crippen LogP contribution < -0.4 is 0 Å². The van der Waals surface area contributed by atoms with Gasteiger partial charge in [-0.25, -0.2) is 0 Å². The highest BCUT2D eigenvalue weighted by Gasteiger charge is 2.28. The van der Waals surface area contributed by atoms with Gasteiger partial charge in [-0.2, -0.15) is 0 Å². The maximum absolute atomic E-state index is 13.1. The van der Waals surface area contributed by atoms with Crippen molar-refractivity contribution in [2.75, 3.05) is 26.2 Å². The van der Waals surface area contributed by atoms with E-state index in [1.165, 1.54) is 34.1 Å². The van der Waals surface area contributed by atoms with Crippen molar-refractivity contribution in [2.24, 2.45) is 0 Å². The monoisotopic (exact) mass is 392 g/mol. The molecule has 142 valence electrons. The molecule has 1 aliphatic heterocycles. The predicted octanol–water partition coefficient (Wildman–Crippen LogP) is 3.70. The molecule has 2 aromatic heterocycles. The van der Waals surface area contributed by atoms with Crippen molar-refractivity contribution in [1.82, 2.24) is 9.80 Å². The molecule has 0 N–H and O–H groups in total. The van der Waals surface area contributed by atoms with Crippen LogP contribution in [0.15, 0.2) is 53.3 Å². The summed E-state index contributed by atoms with van der Waals surface area (Å²) in [6.07, 6.45) is 4.99. The minimum Gasteiger partial charge on any atom is -0.472 e. The molecule has 6 heteroatoms. The Balaban J connectivity index is 1.30. The maximum Gasteiger partial charge on any atom is 0.264 e. The van der Waals surface area contributed by atoms with Gasteiger partial charge < -0.3 is 14.2 Å². The molecular formula is C22H20N2O3S. The van der Waals surface area contributed by atoms with Crippen molar-refractivity contribution in [1.29, 1.82) is 0 Å². The summed E-state index contributed by atoms with van der Waals surface area (Å²) in [5.74, 6) is 0.0383. The standard InChI is InChI=1S/C22H20N2O3S/c25-21(17-7-12-27-14-17)23-8-10-24(11-9-23)22(26)19-13-16-6-5-15-3-1-2-4-18(15)20(16)28-19/h1-4,7,12-14H,5-6,8-11H2. The van der Waals surface area contributed by atoms with Gasteiger partial charge in [0.05, 0.1) is 16.7 Å². The van der Waals surface area contributed by atoms with Gasteiger partial charge in [-0.3, -0.25) is 9.59 Å². The third-order valence-corrected chi connectivity index (χ3v) is 6.77. The summed E-state index contributed by atoms with van der Waals surface area (Å²) in [6, 6.07) is 12.2. The molecular weight excluding hydrogens is 372 g/mol. The molecule has 0 saturated carbocycles. The van der Waals surface area contributed by atoms with Gasteiger partial charge in [0.1, 0.15) is 6.26 Å². The van der Waals surface area contributed by atoms with Crippen molar-refractivity contribution in [3.8, 4) is 10.4 Å². The van der Waals surface area contributed by atoms with E-state index in [-0.39, 0.29) is 11.8 Å². The van der Waals surface area contributed by atoms with E-state index in [9.17, 15) is 9.59 Å². The van der Waals surface area contributed by atoms with Crippen molar-refractivity contribution in [3.05, 3.63) is 70.5 Å². The van der Waals surface area contributed by atoms with E-state index in [1.807, 2.05) is 4.90 Å². The van der Waals surface area contributed by atoms with Crippen LogP contribution in [0.25, 0.3) is 10.4 Å². The first-order valence-electron chi connectivity index (χ1n) is 9.52. The second kappa shape index (κ2) is 6.95.